The summed E-state index contributed by atoms with van der Waals surface area (Å²) in [5, 5.41) is 0. The fraction of sp³-hybridized carbons (Fsp3) is 0.389. The molecule has 21 heavy (non-hydrogen) atoms. The van der Waals surface area contributed by atoms with Gasteiger partial charge < -0.3 is 9.80 Å². The number of para-hydroxylation sites is 1. The van der Waals surface area contributed by atoms with Crippen LogP contribution in [-0.4, -0.2) is 31.2 Å². The highest BCUT2D eigenvalue weighted by Crippen LogP contribution is 2.24. The summed E-state index contributed by atoms with van der Waals surface area (Å²) in [6.07, 6.45) is 2.36. The molecular weight excluding hydrogens is 258 g/mol. The van der Waals surface area contributed by atoms with Gasteiger partial charge in [-0.1, -0.05) is 24.3 Å². The number of anilines is 2. The Kier molecular flexibility index (Phi) is 4.09. The lowest BCUT2D eigenvalue weighted by atomic mass is 10.0. The van der Waals surface area contributed by atoms with Crippen molar-refractivity contribution in [3.63, 3.8) is 0 Å². The van der Waals surface area contributed by atoms with Crippen molar-refractivity contribution in [1.29, 1.82) is 0 Å². The lowest BCUT2D eigenvalue weighted by Gasteiger charge is -2.38. The average Bonchev–Trinajstić information content (AvgIpc) is 2.55. The van der Waals surface area contributed by atoms with Gasteiger partial charge in [0, 0.05) is 37.6 Å². The van der Waals surface area contributed by atoms with Gasteiger partial charge in [0.15, 0.2) is 0 Å². The zero-order valence-corrected chi connectivity index (χ0v) is 12.9. The lowest BCUT2D eigenvalue weighted by molar-refractivity contribution is 0.480. The predicted octanol–water partition coefficient (Wildman–Crippen LogP) is 3.50. The van der Waals surface area contributed by atoms with Gasteiger partial charge in [-0.15, -0.1) is 0 Å². The smallest absolute Gasteiger partial charge is 0.128 e. The first-order valence-electron chi connectivity index (χ1n) is 7.70. The number of benzene rings is 1. The third-order valence-electron chi connectivity index (χ3n) is 4.37. The molecule has 0 spiro atoms. The van der Waals surface area contributed by atoms with E-state index in [1.165, 1.54) is 18.5 Å². The second-order valence-corrected chi connectivity index (χ2v) is 5.80. The quantitative estimate of drug-likeness (QED) is 0.858. The summed E-state index contributed by atoms with van der Waals surface area (Å²) in [4.78, 5) is 9.46. The molecule has 3 rings (SSSR count). The molecule has 1 fully saturated rings. The number of pyridine rings is 1. The molecule has 0 saturated carbocycles. The number of hydrogen-bond acceptors (Lipinski definition) is 3. The van der Waals surface area contributed by atoms with Crippen LogP contribution in [0.4, 0.5) is 11.5 Å². The van der Waals surface area contributed by atoms with Crippen LogP contribution >= 0.6 is 0 Å². The van der Waals surface area contributed by atoms with E-state index >= 15 is 0 Å². The van der Waals surface area contributed by atoms with Crippen LogP contribution in [0.2, 0.25) is 0 Å². The van der Waals surface area contributed by atoms with Crippen molar-refractivity contribution in [2.75, 3.05) is 29.9 Å². The van der Waals surface area contributed by atoms with Gasteiger partial charge in [0.05, 0.1) is 0 Å². The van der Waals surface area contributed by atoms with Crippen molar-refractivity contribution in [3.05, 3.63) is 54.2 Å². The van der Waals surface area contributed by atoms with Gasteiger partial charge in [0.1, 0.15) is 5.82 Å². The van der Waals surface area contributed by atoms with Crippen LogP contribution < -0.4 is 9.80 Å². The van der Waals surface area contributed by atoms with Crippen LogP contribution in [-0.2, 0) is 0 Å². The van der Waals surface area contributed by atoms with Gasteiger partial charge in [-0.25, -0.2) is 4.98 Å². The molecule has 1 aromatic carbocycles. The van der Waals surface area contributed by atoms with E-state index in [0.717, 1.165) is 24.6 Å². The van der Waals surface area contributed by atoms with Crippen LogP contribution in [0, 0.1) is 6.92 Å². The number of nitrogens with zero attached hydrogens (tertiary/aromatic N) is 3. The lowest BCUT2D eigenvalue weighted by Crippen LogP contribution is -2.43. The SMILES string of the molecule is Cc1cccc(N2CCC(N(C)c3ccccc3)CC2)n1. The summed E-state index contributed by atoms with van der Waals surface area (Å²) in [6.45, 7) is 4.22. The molecule has 1 saturated heterocycles. The Morgan fingerprint density at radius 3 is 2.38 bits per heavy atom. The number of aromatic nitrogens is 1. The minimum absolute atomic E-state index is 0.619. The maximum absolute atomic E-state index is 4.64. The van der Waals surface area contributed by atoms with Crippen LogP contribution in [0.5, 0.6) is 0 Å². The van der Waals surface area contributed by atoms with Gasteiger partial charge in [0.2, 0.25) is 0 Å². The highest BCUT2D eigenvalue weighted by molar-refractivity contribution is 5.47. The van der Waals surface area contributed by atoms with E-state index in [9.17, 15) is 0 Å². The Balaban J connectivity index is 1.63. The molecule has 110 valence electrons. The first kappa shape index (κ1) is 13.9. The molecule has 0 atom stereocenters. The summed E-state index contributed by atoms with van der Waals surface area (Å²) in [6, 6.07) is 17.6. The Morgan fingerprint density at radius 1 is 1.00 bits per heavy atom. The van der Waals surface area contributed by atoms with Crippen molar-refractivity contribution < 1.29 is 0 Å². The zero-order valence-electron chi connectivity index (χ0n) is 12.9. The van der Waals surface area contributed by atoms with Crippen LogP contribution in [0.3, 0.4) is 0 Å². The molecule has 0 N–H and O–H groups in total. The Labute approximate surface area is 127 Å². The molecule has 0 radical (unpaired) electrons. The minimum atomic E-state index is 0.619. The number of piperidine rings is 1. The largest absolute Gasteiger partial charge is 0.371 e. The molecule has 3 nitrogen and oxygen atoms in total. The van der Waals surface area contributed by atoms with E-state index < -0.39 is 0 Å². The Morgan fingerprint density at radius 2 is 1.71 bits per heavy atom. The molecule has 0 aliphatic carbocycles. The molecular formula is C18H23N3. The number of aryl methyl sites for hydroxylation is 1. The average molecular weight is 281 g/mol. The van der Waals surface area contributed by atoms with Crippen molar-refractivity contribution in [2.45, 2.75) is 25.8 Å². The van der Waals surface area contributed by atoms with Gasteiger partial charge in [-0.3, -0.25) is 0 Å². The van der Waals surface area contributed by atoms with E-state index in [-0.39, 0.29) is 0 Å². The molecule has 2 aromatic rings. The van der Waals surface area contributed by atoms with Crippen LogP contribution in [0.25, 0.3) is 0 Å². The molecule has 1 aromatic heterocycles. The van der Waals surface area contributed by atoms with E-state index in [4.69, 9.17) is 0 Å². The predicted molar refractivity (Wildman–Crippen MR) is 89.1 cm³/mol. The topological polar surface area (TPSA) is 19.4 Å². The van der Waals surface area contributed by atoms with Crippen LogP contribution in [0.1, 0.15) is 18.5 Å². The Bertz CT molecular complexity index is 574. The van der Waals surface area contributed by atoms with E-state index in [2.05, 4.69) is 77.3 Å². The normalized spacial score (nSPS) is 16.0. The highest BCUT2D eigenvalue weighted by atomic mass is 15.2. The van der Waals surface area contributed by atoms with Gasteiger partial charge in [-0.2, -0.15) is 0 Å². The van der Waals surface area contributed by atoms with Gasteiger partial charge >= 0.3 is 0 Å². The van der Waals surface area contributed by atoms with Crippen molar-refractivity contribution in [3.8, 4) is 0 Å². The molecule has 0 amide bonds. The molecule has 1 aliphatic heterocycles. The summed E-state index contributed by atoms with van der Waals surface area (Å²) in [5.74, 6) is 1.12. The maximum Gasteiger partial charge on any atom is 0.128 e. The van der Waals surface area contributed by atoms with Crippen LogP contribution in [0.15, 0.2) is 48.5 Å². The molecule has 3 heteroatoms. The summed E-state index contributed by atoms with van der Waals surface area (Å²) >= 11 is 0. The van der Waals surface area contributed by atoms with E-state index in [1.54, 1.807) is 0 Å². The monoisotopic (exact) mass is 281 g/mol. The third kappa shape index (κ3) is 3.18. The minimum Gasteiger partial charge on any atom is -0.371 e. The fourth-order valence-corrected chi connectivity index (χ4v) is 3.06. The maximum atomic E-state index is 4.64. The second-order valence-electron chi connectivity index (χ2n) is 5.80. The molecule has 0 bridgehead atoms. The van der Waals surface area contributed by atoms with Gasteiger partial charge in [-0.05, 0) is 44.0 Å². The standard InChI is InChI=1S/C18H23N3/c1-15-7-6-10-18(19-15)21-13-11-17(12-14-21)20(2)16-8-4-3-5-9-16/h3-10,17H,11-14H2,1-2H3. The fourth-order valence-electron chi connectivity index (χ4n) is 3.06. The van der Waals surface area contributed by atoms with Crippen molar-refractivity contribution >= 4 is 11.5 Å². The Hall–Kier alpha value is -2.03. The molecule has 2 heterocycles. The van der Waals surface area contributed by atoms with Gasteiger partial charge in [0.25, 0.3) is 0 Å². The van der Waals surface area contributed by atoms with E-state index in [0.29, 0.717) is 6.04 Å². The summed E-state index contributed by atoms with van der Waals surface area (Å²) < 4.78 is 0. The first-order valence-corrected chi connectivity index (χ1v) is 7.70. The zero-order chi connectivity index (χ0) is 14.7. The third-order valence-corrected chi connectivity index (χ3v) is 4.37. The first-order chi connectivity index (χ1) is 10.2. The van der Waals surface area contributed by atoms with Crippen molar-refractivity contribution in [2.24, 2.45) is 0 Å². The number of hydrogen-bond donors (Lipinski definition) is 0. The van der Waals surface area contributed by atoms with Crippen molar-refractivity contribution in [1.82, 2.24) is 4.98 Å². The summed E-state index contributed by atoms with van der Waals surface area (Å²) in [5.41, 5.74) is 2.40. The van der Waals surface area contributed by atoms with E-state index in [1.807, 2.05) is 0 Å². The highest BCUT2D eigenvalue weighted by Gasteiger charge is 2.23. The second kappa shape index (κ2) is 6.17. The number of rotatable bonds is 3. The molecule has 1 aliphatic rings. The molecule has 0 unspecified atom stereocenters. The summed E-state index contributed by atoms with van der Waals surface area (Å²) in [7, 11) is 2.21.